The Morgan fingerprint density at radius 2 is 2.07 bits per heavy atom. The Morgan fingerprint density at radius 1 is 1.29 bits per heavy atom. The monoisotopic (exact) mass is 300 g/mol. The molecule has 0 aliphatic rings. The largest absolute Gasteiger partial charge is 0.277 e. The summed E-state index contributed by atoms with van der Waals surface area (Å²) in [7, 11) is 0. The summed E-state index contributed by atoms with van der Waals surface area (Å²) in [5, 5.41) is 12.2. The first-order valence-electron chi connectivity index (χ1n) is 3.87. The number of hydrogen-bond acceptors (Lipinski definition) is 3. The number of fused-ring (bicyclic) bond motifs is 1. The Bertz CT molecular complexity index is 513. The van der Waals surface area contributed by atoms with Crippen LogP contribution in [0.2, 0.25) is 0 Å². The van der Waals surface area contributed by atoms with Crippen molar-refractivity contribution in [3.63, 3.8) is 0 Å². The van der Waals surface area contributed by atoms with Gasteiger partial charge in [0.2, 0.25) is 0 Å². The van der Waals surface area contributed by atoms with Gasteiger partial charge in [0.1, 0.15) is 0 Å². The van der Waals surface area contributed by atoms with Gasteiger partial charge < -0.3 is 0 Å². The van der Waals surface area contributed by atoms with Crippen LogP contribution in [0.4, 0.5) is 5.69 Å². The molecule has 0 aliphatic heterocycles. The quantitative estimate of drug-likeness (QED) is 0.462. The summed E-state index contributed by atoms with van der Waals surface area (Å²) in [6, 6.07) is 4.91. The predicted molar refractivity (Wildman–Crippen MR) is 61.1 cm³/mol. The highest BCUT2D eigenvalue weighted by Gasteiger charge is 2.12. The Kier molecular flexibility index (Phi) is 2.32. The van der Waals surface area contributed by atoms with Crippen LogP contribution in [-0.2, 0) is 0 Å². The number of pyridine rings is 1. The summed E-state index contributed by atoms with van der Waals surface area (Å²) in [5.74, 6) is 0. The van der Waals surface area contributed by atoms with Crippen LogP contribution in [0.5, 0.6) is 0 Å². The molecule has 0 unspecified atom stereocenters. The fourth-order valence-electron chi connectivity index (χ4n) is 1.30. The van der Waals surface area contributed by atoms with Crippen LogP contribution in [0.15, 0.2) is 30.6 Å². The first-order chi connectivity index (χ1) is 6.70. The number of benzene rings is 1. The van der Waals surface area contributed by atoms with Crippen LogP contribution in [0.1, 0.15) is 0 Å². The van der Waals surface area contributed by atoms with Crippen molar-refractivity contribution in [1.82, 2.24) is 4.98 Å². The van der Waals surface area contributed by atoms with E-state index in [4.69, 9.17) is 0 Å². The van der Waals surface area contributed by atoms with Gasteiger partial charge in [-0.2, -0.15) is 0 Å². The van der Waals surface area contributed by atoms with Crippen molar-refractivity contribution in [2.75, 3.05) is 0 Å². The summed E-state index contributed by atoms with van der Waals surface area (Å²) in [4.78, 5) is 14.3. The molecule has 1 heterocycles. The number of nitro benzene ring substituents is 1. The van der Waals surface area contributed by atoms with Gasteiger partial charge >= 0.3 is 0 Å². The molecule has 5 heteroatoms. The number of nitro groups is 1. The fourth-order valence-corrected chi connectivity index (χ4v) is 1.91. The van der Waals surface area contributed by atoms with Gasteiger partial charge in [0.05, 0.1) is 10.3 Å². The standard InChI is InChI=1S/C9H5IN2O2/c10-8-1-2-9(12(13)14)6-3-4-11-5-7(6)8/h1-5H. The maximum atomic E-state index is 10.7. The average molecular weight is 300 g/mol. The van der Waals surface area contributed by atoms with Crippen molar-refractivity contribution in [2.24, 2.45) is 0 Å². The summed E-state index contributed by atoms with van der Waals surface area (Å²) >= 11 is 2.14. The second kappa shape index (κ2) is 3.49. The van der Waals surface area contributed by atoms with Crippen molar-refractivity contribution in [1.29, 1.82) is 0 Å². The second-order valence-corrected chi connectivity index (χ2v) is 3.91. The Hall–Kier alpha value is -1.24. The van der Waals surface area contributed by atoms with Gasteiger partial charge in [-0.05, 0) is 34.7 Å². The molecule has 0 fully saturated rings. The van der Waals surface area contributed by atoms with Crippen molar-refractivity contribution in [3.05, 3.63) is 44.3 Å². The third-order valence-electron chi connectivity index (χ3n) is 1.94. The zero-order chi connectivity index (χ0) is 10.1. The van der Waals surface area contributed by atoms with E-state index in [0.29, 0.717) is 5.39 Å². The van der Waals surface area contributed by atoms with E-state index in [1.54, 1.807) is 24.5 Å². The second-order valence-electron chi connectivity index (χ2n) is 2.74. The van der Waals surface area contributed by atoms with E-state index in [0.717, 1.165) is 8.96 Å². The number of hydrogen-bond donors (Lipinski definition) is 0. The van der Waals surface area contributed by atoms with Crippen LogP contribution in [0, 0.1) is 13.7 Å². The lowest BCUT2D eigenvalue weighted by Crippen LogP contribution is -1.90. The average Bonchev–Trinajstić information content (AvgIpc) is 2.18. The minimum absolute atomic E-state index is 0.128. The molecule has 0 aliphatic carbocycles. The molecule has 0 bridgehead atoms. The predicted octanol–water partition coefficient (Wildman–Crippen LogP) is 2.75. The van der Waals surface area contributed by atoms with Crippen molar-refractivity contribution < 1.29 is 4.92 Å². The Balaban J connectivity index is 2.88. The molecular formula is C9H5IN2O2. The van der Waals surface area contributed by atoms with Gasteiger partial charge in [-0.25, -0.2) is 0 Å². The van der Waals surface area contributed by atoms with Gasteiger partial charge in [0.25, 0.3) is 5.69 Å². The summed E-state index contributed by atoms with van der Waals surface area (Å²) in [5.41, 5.74) is 0.128. The highest BCUT2D eigenvalue weighted by molar-refractivity contribution is 14.1. The van der Waals surface area contributed by atoms with Gasteiger partial charge in [-0.15, -0.1) is 0 Å². The van der Waals surface area contributed by atoms with E-state index < -0.39 is 0 Å². The van der Waals surface area contributed by atoms with Crippen LogP contribution in [0.25, 0.3) is 10.8 Å². The summed E-state index contributed by atoms with van der Waals surface area (Å²) in [6.07, 6.45) is 3.20. The highest BCUT2D eigenvalue weighted by Crippen LogP contribution is 2.28. The molecule has 0 spiro atoms. The van der Waals surface area contributed by atoms with Crippen LogP contribution in [0.3, 0.4) is 0 Å². The molecule has 1 aromatic heterocycles. The topological polar surface area (TPSA) is 56.0 Å². The molecule has 2 rings (SSSR count). The van der Waals surface area contributed by atoms with Crippen LogP contribution in [-0.4, -0.2) is 9.91 Å². The minimum atomic E-state index is -0.377. The first kappa shape index (κ1) is 9.32. The lowest BCUT2D eigenvalue weighted by Gasteiger charge is -2.00. The van der Waals surface area contributed by atoms with Crippen LogP contribution < -0.4 is 0 Å². The van der Waals surface area contributed by atoms with Gasteiger partial charge in [-0.3, -0.25) is 15.1 Å². The molecule has 4 nitrogen and oxygen atoms in total. The lowest BCUT2D eigenvalue weighted by molar-refractivity contribution is -0.383. The SMILES string of the molecule is O=[N+]([O-])c1ccc(I)c2cnccc12. The van der Waals surface area contributed by atoms with E-state index >= 15 is 0 Å². The summed E-state index contributed by atoms with van der Waals surface area (Å²) < 4.78 is 0.969. The molecule has 14 heavy (non-hydrogen) atoms. The highest BCUT2D eigenvalue weighted by atomic mass is 127. The zero-order valence-corrected chi connectivity index (χ0v) is 9.13. The van der Waals surface area contributed by atoms with E-state index in [9.17, 15) is 10.1 Å². The Labute approximate surface area is 93.2 Å². The molecule has 0 saturated heterocycles. The van der Waals surface area contributed by atoms with Crippen LogP contribution >= 0.6 is 22.6 Å². The third-order valence-corrected chi connectivity index (χ3v) is 2.88. The molecular weight excluding hydrogens is 295 g/mol. The molecule has 1 aromatic carbocycles. The van der Waals surface area contributed by atoms with Gasteiger partial charge in [-0.1, -0.05) is 0 Å². The molecule has 0 N–H and O–H groups in total. The first-order valence-corrected chi connectivity index (χ1v) is 4.94. The third kappa shape index (κ3) is 1.43. The zero-order valence-electron chi connectivity index (χ0n) is 6.98. The van der Waals surface area contributed by atoms with E-state index in [1.807, 2.05) is 0 Å². The Morgan fingerprint density at radius 3 is 2.79 bits per heavy atom. The number of nitrogens with zero attached hydrogens (tertiary/aromatic N) is 2. The van der Waals surface area contributed by atoms with Gasteiger partial charge in [0, 0.05) is 27.4 Å². The van der Waals surface area contributed by atoms with Crippen molar-refractivity contribution in [2.45, 2.75) is 0 Å². The number of aromatic nitrogens is 1. The minimum Gasteiger partial charge on any atom is -0.264 e. The van der Waals surface area contributed by atoms with E-state index in [-0.39, 0.29) is 10.6 Å². The molecule has 0 saturated carbocycles. The maximum Gasteiger partial charge on any atom is 0.277 e. The molecule has 70 valence electrons. The molecule has 2 aromatic rings. The fraction of sp³-hybridized carbons (Fsp3) is 0. The molecule has 0 atom stereocenters. The smallest absolute Gasteiger partial charge is 0.264 e. The van der Waals surface area contributed by atoms with Gasteiger partial charge in [0.15, 0.2) is 0 Å². The van der Waals surface area contributed by atoms with Crippen molar-refractivity contribution >= 4 is 39.1 Å². The number of non-ortho nitro benzene ring substituents is 1. The lowest BCUT2D eigenvalue weighted by atomic mass is 10.1. The van der Waals surface area contributed by atoms with E-state index in [2.05, 4.69) is 27.6 Å². The number of halogens is 1. The molecule has 0 radical (unpaired) electrons. The van der Waals surface area contributed by atoms with E-state index in [1.165, 1.54) is 6.07 Å². The van der Waals surface area contributed by atoms with Crippen molar-refractivity contribution in [3.8, 4) is 0 Å². The summed E-state index contributed by atoms with van der Waals surface area (Å²) in [6.45, 7) is 0. The number of rotatable bonds is 1. The molecule has 0 amide bonds. The normalized spacial score (nSPS) is 10.4. The maximum absolute atomic E-state index is 10.7.